The van der Waals surface area contributed by atoms with Crippen LogP contribution >= 0.6 is 0 Å². The van der Waals surface area contributed by atoms with Crippen LogP contribution in [0.3, 0.4) is 0 Å². The molecule has 1 nitrogen and oxygen atoms in total. The summed E-state index contributed by atoms with van der Waals surface area (Å²) in [5, 5.41) is 0. The smallest absolute Gasteiger partial charge is 0.00901 e. The molecule has 1 rings (SSSR count). The molecule has 0 amide bonds. The molecule has 114 valence electrons. The van der Waals surface area contributed by atoms with E-state index in [1.165, 1.54) is 83.7 Å². The Hall–Kier alpha value is -0.0400. The summed E-state index contributed by atoms with van der Waals surface area (Å²) in [4.78, 5) is 2.81. The van der Waals surface area contributed by atoms with Gasteiger partial charge in [0.25, 0.3) is 0 Å². The van der Waals surface area contributed by atoms with Gasteiger partial charge in [0, 0.05) is 12.6 Å². The molecule has 0 heterocycles. The lowest BCUT2D eigenvalue weighted by atomic mass is 9.95. The maximum Gasteiger partial charge on any atom is 0.00901 e. The van der Waals surface area contributed by atoms with Crippen LogP contribution in [0.5, 0.6) is 0 Å². The van der Waals surface area contributed by atoms with Crippen molar-refractivity contribution < 1.29 is 0 Å². The van der Waals surface area contributed by atoms with Gasteiger partial charge in [0.2, 0.25) is 0 Å². The second kappa shape index (κ2) is 10.7. The Balaban J connectivity index is 2.48. The number of nitrogens with zero attached hydrogens (tertiary/aromatic N) is 1. The minimum Gasteiger partial charge on any atom is -0.300 e. The number of hydrogen-bond donors (Lipinski definition) is 0. The molecular weight excluding hydrogens is 230 g/mol. The summed E-state index contributed by atoms with van der Waals surface area (Å²) in [6, 6.07) is 0.826. The van der Waals surface area contributed by atoms with Crippen LogP contribution in [-0.2, 0) is 0 Å². The largest absolute Gasteiger partial charge is 0.300 e. The van der Waals surface area contributed by atoms with E-state index < -0.39 is 0 Å². The van der Waals surface area contributed by atoms with Crippen molar-refractivity contribution in [2.45, 2.75) is 97.4 Å². The van der Waals surface area contributed by atoms with E-state index in [0.29, 0.717) is 0 Å². The number of hydrogen-bond acceptors (Lipinski definition) is 1. The van der Waals surface area contributed by atoms with Gasteiger partial charge >= 0.3 is 0 Å². The average Bonchev–Trinajstić information content (AvgIpc) is 2.54. The predicted octanol–water partition coefficient (Wildman–Crippen LogP) is 5.64. The third-order valence-corrected chi connectivity index (χ3v) is 4.94. The lowest BCUT2D eigenvalue weighted by Crippen LogP contribution is -2.38. The van der Waals surface area contributed by atoms with Crippen molar-refractivity contribution in [2.24, 2.45) is 5.92 Å². The molecule has 1 aliphatic rings. The van der Waals surface area contributed by atoms with Crippen molar-refractivity contribution in [3.8, 4) is 0 Å². The third-order valence-electron chi connectivity index (χ3n) is 4.94. The van der Waals surface area contributed by atoms with Crippen LogP contribution < -0.4 is 0 Å². The molecule has 19 heavy (non-hydrogen) atoms. The zero-order valence-electron chi connectivity index (χ0n) is 13.8. The molecule has 1 saturated carbocycles. The summed E-state index contributed by atoms with van der Waals surface area (Å²) >= 11 is 0. The van der Waals surface area contributed by atoms with E-state index in [0.717, 1.165) is 12.0 Å². The monoisotopic (exact) mass is 267 g/mol. The van der Waals surface area contributed by atoms with Crippen molar-refractivity contribution in [1.82, 2.24) is 4.90 Å². The molecule has 0 N–H and O–H groups in total. The standard InChI is InChI=1S/C18H37N/c1-4-15-19(18(5-2)6-3)16-17-13-11-9-7-8-10-12-14-17/h17-18H,4-16H2,1-3H3. The number of rotatable bonds is 7. The molecule has 0 aliphatic heterocycles. The van der Waals surface area contributed by atoms with E-state index in [9.17, 15) is 0 Å². The van der Waals surface area contributed by atoms with Gasteiger partial charge in [0.05, 0.1) is 0 Å². The van der Waals surface area contributed by atoms with E-state index >= 15 is 0 Å². The van der Waals surface area contributed by atoms with E-state index in [4.69, 9.17) is 0 Å². The zero-order chi connectivity index (χ0) is 13.9. The summed E-state index contributed by atoms with van der Waals surface area (Å²) in [5.74, 6) is 0.977. The fraction of sp³-hybridized carbons (Fsp3) is 1.00. The SMILES string of the molecule is CCCN(CC1CCCCCCCC1)C(CC)CC. The summed E-state index contributed by atoms with van der Waals surface area (Å²) in [6.45, 7) is 9.74. The van der Waals surface area contributed by atoms with Crippen LogP contribution in [0.4, 0.5) is 0 Å². The summed E-state index contributed by atoms with van der Waals surface area (Å²) in [7, 11) is 0. The van der Waals surface area contributed by atoms with Crippen LogP contribution in [0.15, 0.2) is 0 Å². The van der Waals surface area contributed by atoms with Crippen LogP contribution in [0.25, 0.3) is 0 Å². The molecule has 0 saturated heterocycles. The second-order valence-electron chi connectivity index (χ2n) is 6.53. The molecule has 1 heteroatoms. The van der Waals surface area contributed by atoms with Crippen LogP contribution in [0.1, 0.15) is 91.4 Å². The Labute approximate surface area is 122 Å². The topological polar surface area (TPSA) is 3.24 Å². The Bertz CT molecular complexity index is 188. The van der Waals surface area contributed by atoms with Crippen LogP contribution in [-0.4, -0.2) is 24.0 Å². The Morgan fingerprint density at radius 3 is 1.84 bits per heavy atom. The first kappa shape index (κ1) is 17.0. The van der Waals surface area contributed by atoms with Gasteiger partial charge in [0.1, 0.15) is 0 Å². The molecule has 0 atom stereocenters. The van der Waals surface area contributed by atoms with Gasteiger partial charge in [-0.15, -0.1) is 0 Å². The highest BCUT2D eigenvalue weighted by Crippen LogP contribution is 2.24. The normalized spacial score (nSPS) is 19.4. The van der Waals surface area contributed by atoms with Crippen LogP contribution in [0.2, 0.25) is 0 Å². The summed E-state index contributed by atoms with van der Waals surface area (Å²) in [6.07, 6.45) is 15.8. The molecule has 0 unspecified atom stereocenters. The van der Waals surface area contributed by atoms with Crippen LogP contribution in [0, 0.1) is 5.92 Å². The molecule has 0 spiro atoms. The minimum absolute atomic E-state index is 0.826. The summed E-state index contributed by atoms with van der Waals surface area (Å²) < 4.78 is 0. The Morgan fingerprint density at radius 2 is 1.37 bits per heavy atom. The Morgan fingerprint density at radius 1 is 0.842 bits per heavy atom. The zero-order valence-corrected chi connectivity index (χ0v) is 13.8. The maximum absolute atomic E-state index is 2.81. The predicted molar refractivity (Wildman–Crippen MR) is 86.7 cm³/mol. The molecule has 0 radical (unpaired) electrons. The van der Waals surface area contributed by atoms with E-state index in [1.54, 1.807) is 0 Å². The highest BCUT2D eigenvalue weighted by molar-refractivity contribution is 4.74. The van der Waals surface area contributed by atoms with E-state index in [-0.39, 0.29) is 0 Å². The van der Waals surface area contributed by atoms with Crippen molar-refractivity contribution in [3.63, 3.8) is 0 Å². The molecule has 1 aliphatic carbocycles. The van der Waals surface area contributed by atoms with Gasteiger partial charge in [-0.05, 0) is 44.6 Å². The van der Waals surface area contributed by atoms with Gasteiger partial charge in [-0.3, -0.25) is 0 Å². The van der Waals surface area contributed by atoms with Gasteiger partial charge < -0.3 is 4.90 Å². The maximum atomic E-state index is 2.81. The molecular formula is C18H37N. The third kappa shape index (κ3) is 6.79. The first-order chi connectivity index (χ1) is 9.31. The van der Waals surface area contributed by atoms with E-state index in [1.807, 2.05) is 0 Å². The highest BCUT2D eigenvalue weighted by atomic mass is 15.1. The lowest BCUT2D eigenvalue weighted by molar-refractivity contribution is 0.148. The van der Waals surface area contributed by atoms with Gasteiger partial charge in [0.15, 0.2) is 0 Å². The van der Waals surface area contributed by atoms with Crippen molar-refractivity contribution >= 4 is 0 Å². The van der Waals surface area contributed by atoms with Crippen molar-refractivity contribution in [3.05, 3.63) is 0 Å². The second-order valence-corrected chi connectivity index (χ2v) is 6.53. The highest BCUT2D eigenvalue weighted by Gasteiger charge is 2.19. The van der Waals surface area contributed by atoms with Gasteiger partial charge in [-0.25, -0.2) is 0 Å². The fourth-order valence-corrected chi connectivity index (χ4v) is 3.75. The molecule has 0 aromatic heterocycles. The minimum atomic E-state index is 0.826. The van der Waals surface area contributed by atoms with E-state index in [2.05, 4.69) is 25.7 Å². The fourth-order valence-electron chi connectivity index (χ4n) is 3.75. The molecule has 0 aromatic carbocycles. The first-order valence-corrected chi connectivity index (χ1v) is 9.05. The van der Waals surface area contributed by atoms with Crippen molar-refractivity contribution in [1.29, 1.82) is 0 Å². The van der Waals surface area contributed by atoms with Gasteiger partial charge in [-0.2, -0.15) is 0 Å². The first-order valence-electron chi connectivity index (χ1n) is 9.05. The average molecular weight is 268 g/mol. The quantitative estimate of drug-likeness (QED) is 0.577. The van der Waals surface area contributed by atoms with Crippen molar-refractivity contribution in [2.75, 3.05) is 13.1 Å². The molecule has 0 bridgehead atoms. The summed E-state index contributed by atoms with van der Waals surface area (Å²) in [5.41, 5.74) is 0. The lowest BCUT2D eigenvalue weighted by Gasteiger charge is -2.33. The molecule has 0 aromatic rings. The van der Waals surface area contributed by atoms with Gasteiger partial charge in [-0.1, -0.05) is 59.3 Å². The Kier molecular flexibility index (Phi) is 9.59. The molecule has 1 fully saturated rings.